The van der Waals surface area contributed by atoms with Crippen molar-refractivity contribution in [2.24, 2.45) is 0 Å². The van der Waals surface area contributed by atoms with Crippen molar-refractivity contribution in [3.8, 4) is 5.75 Å². The molecular formula is C17H26N2O3. The summed E-state index contributed by atoms with van der Waals surface area (Å²) in [5, 5.41) is 12.1. The number of amides is 1. The first-order chi connectivity index (χ1) is 10.6. The summed E-state index contributed by atoms with van der Waals surface area (Å²) in [6.45, 7) is 6.44. The molecule has 0 saturated heterocycles. The summed E-state index contributed by atoms with van der Waals surface area (Å²) in [6, 6.07) is 5.57. The second-order valence-electron chi connectivity index (χ2n) is 5.40. The monoisotopic (exact) mass is 306 g/mol. The zero-order valence-corrected chi connectivity index (χ0v) is 13.5. The fraction of sp³-hybridized carbons (Fsp3) is 0.529. The molecule has 0 bridgehead atoms. The molecule has 1 rings (SSSR count). The number of unbranched alkanes of at least 4 members (excludes halogenated alkanes) is 2. The number of aromatic hydroxyl groups is 1. The lowest BCUT2D eigenvalue weighted by Gasteiger charge is -2.21. The smallest absolute Gasteiger partial charge is 0.238 e. The predicted molar refractivity (Wildman–Crippen MR) is 89.3 cm³/mol. The molecular weight excluding hydrogens is 280 g/mol. The molecule has 1 amide bonds. The van der Waals surface area contributed by atoms with Crippen molar-refractivity contribution in [2.45, 2.75) is 39.5 Å². The van der Waals surface area contributed by atoms with Crippen molar-refractivity contribution >= 4 is 11.6 Å². The highest BCUT2D eigenvalue weighted by Gasteiger charge is 2.10. The normalized spacial score (nSPS) is 10.7. The Morgan fingerprint density at radius 2 is 1.68 bits per heavy atom. The van der Waals surface area contributed by atoms with Gasteiger partial charge >= 0.3 is 0 Å². The van der Waals surface area contributed by atoms with Crippen LogP contribution >= 0.6 is 0 Å². The summed E-state index contributed by atoms with van der Waals surface area (Å²) in [7, 11) is 0. The number of nitrogens with one attached hydrogen (secondary N) is 1. The van der Waals surface area contributed by atoms with E-state index in [-0.39, 0.29) is 11.7 Å². The van der Waals surface area contributed by atoms with Crippen molar-refractivity contribution in [3.63, 3.8) is 0 Å². The fourth-order valence-corrected chi connectivity index (χ4v) is 2.08. The minimum atomic E-state index is -0.465. The summed E-state index contributed by atoms with van der Waals surface area (Å²) in [5.74, 6) is -0.432. The van der Waals surface area contributed by atoms with E-state index in [1.165, 1.54) is 24.3 Å². The zero-order valence-electron chi connectivity index (χ0n) is 13.5. The van der Waals surface area contributed by atoms with Gasteiger partial charge in [-0.3, -0.25) is 14.5 Å². The van der Waals surface area contributed by atoms with Crippen molar-refractivity contribution < 1.29 is 9.90 Å². The van der Waals surface area contributed by atoms with Crippen LogP contribution < -0.4 is 10.7 Å². The van der Waals surface area contributed by atoms with E-state index in [1.54, 1.807) is 0 Å². The van der Waals surface area contributed by atoms with Gasteiger partial charge in [-0.15, -0.1) is 0 Å². The summed E-state index contributed by atoms with van der Waals surface area (Å²) in [5.41, 5.74) is 0.0429. The highest BCUT2D eigenvalue weighted by atomic mass is 16.3. The quantitative estimate of drug-likeness (QED) is 0.736. The van der Waals surface area contributed by atoms with Gasteiger partial charge in [0.25, 0.3) is 0 Å². The van der Waals surface area contributed by atoms with E-state index in [9.17, 15) is 14.7 Å². The van der Waals surface area contributed by atoms with E-state index in [0.717, 1.165) is 38.8 Å². The third-order valence-electron chi connectivity index (χ3n) is 3.39. The van der Waals surface area contributed by atoms with E-state index in [1.807, 2.05) is 0 Å². The average Bonchev–Trinajstić information content (AvgIpc) is 2.65. The van der Waals surface area contributed by atoms with E-state index >= 15 is 0 Å². The number of carbonyl (C=O) groups excluding carboxylic acids is 1. The van der Waals surface area contributed by atoms with Crippen LogP contribution in [0.15, 0.2) is 29.1 Å². The highest BCUT2D eigenvalue weighted by Crippen LogP contribution is 2.07. The van der Waals surface area contributed by atoms with Gasteiger partial charge in [-0.1, -0.05) is 26.7 Å². The third-order valence-corrected chi connectivity index (χ3v) is 3.39. The molecule has 0 aliphatic rings. The Balaban J connectivity index is 2.62. The Kier molecular flexibility index (Phi) is 8.22. The van der Waals surface area contributed by atoms with Gasteiger partial charge in [-0.05, 0) is 50.2 Å². The van der Waals surface area contributed by atoms with Gasteiger partial charge in [0.2, 0.25) is 11.3 Å². The first kappa shape index (κ1) is 18.2. The second kappa shape index (κ2) is 9.95. The summed E-state index contributed by atoms with van der Waals surface area (Å²) in [4.78, 5) is 25.6. The Morgan fingerprint density at radius 1 is 1.09 bits per heavy atom. The summed E-state index contributed by atoms with van der Waals surface area (Å²) in [6.07, 6.45) is 4.35. The number of hydrogen-bond acceptors (Lipinski definition) is 4. The van der Waals surface area contributed by atoms with Gasteiger partial charge in [0.05, 0.1) is 6.54 Å². The van der Waals surface area contributed by atoms with E-state index in [0.29, 0.717) is 12.2 Å². The molecule has 1 aromatic carbocycles. The fourth-order valence-electron chi connectivity index (χ4n) is 2.08. The molecule has 0 saturated carbocycles. The van der Waals surface area contributed by atoms with Crippen LogP contribution in [-0.4, -0.2) is 35.5 Å². The van der Waals surface area contributed by atoms with Gasteiger partial charge < -0.3 is 10.4 Å². The molecule has 0 heterocycles. The predicted octanol–water partition coefficient (Wildman–Crippen LogP) is 2.59. The maximum atomic E-state index is 12.1. The molecule has 0 atom stereocenters. The standard InChI is InChI=1S/C17H26N2O3/c1-3-5-11-19(12-6-4-2)13-17(22)18-14-7-9-15(20)16(21)10-8-14/h7-10H,3-6,11-13H2,1-2H3,(H,18,22)(H,20,21). The lowest BCUT2D eigenvalue weighted by Crippen LogP contribution is -2.34. The van der Waals surface area contributed by atoms with E-state index < -0.39 is 5.43 Å². The number of carbonyl (C=O) groups is 1. The van der Waals surface area contributed by atoms with E-state index in [2.05, 4.69) is 24.1 Å². The van der Waals surface area contributed by atoms with Gasteiger partial charge in [0.15, 0.2) is 5.75 Å². The number of nitrogens with zero attached hydrogens (tertiary/aromatic N) is 1. The topological polar surface area (TPSA) is 69.6 Å². The SMILES string of the molecule is CCCCN(CCCC)CC(=O)Nc1ccc(O)c(=O)cc1. The Bertz CT molecular complexity index is 524. The first-order valence-corrected chi connectivity index (χ1v) is 7.92. The molecule has 122 valence electrons. The number of hydrogen-bond donors (Lipinski definition) is 2. The minimum absolute atomic E-state index is 0.106. The van der Waals surface area contributed by atoms with Crippen LogP contribution in [0.4, 0.5) is 5.69 Å². The maximum Gasteiger partial charge on any atom is 0.238 e. The molecule has 0 aliphatic carbocycles. The van der Waals surface area contributed by atoms with Gasteiger partial charge in [0, 0.05) is 5.69 Å². The van der Waals surface area contributed by atoms with Crippen LogP contribution in [0.3, 0.4) is 0 Å². The zero-order chi connectivity index (χ0) is 16.4. The minimum Gasteiger partial charge on any atom is -0.504 e. The Labute approximate surface area is 132 Å². The number of anilines is 1. The molecule has 0 radical (unpaired) electrons. The van der Waals surface area contributed by atoms with Crippen molar-refractivity contribution in [1.29, 1.82) is 0 Å². The molecule has 0 fully saturated rings. The van der Waals surface area contributed by atoms with Crippen LogP contribution in [0.1, 0.15) is 39.5 Å². The van der Waals surface area contributed by atoms with Crippen molar-refractivity contribution in [3.05, 3.63) is 34.5 Å². The molecule has 2 N–H and O–H groups in total. The van der Waals surface area contributed by atoms with Crippen LogP contribution in [0.5, 0.6) is 5.75 Å². The summed E-state index contributed by atoms with van der Waals surface area (Å²) < 4.78 is 0. The van der Waals surface area contributed by atoms with Crippen LogP contribution in [0, 0.1) is 0 Å². The lowest BCUT2D eigenvalue weighted by atomic mass is 10.2. The molecule has 5 heteroatoms. The van der Waals surface area contributed by atoms with E-state index in [4.69, 9.17) is 0 Å². The van der Waals surface area contributed by atoms with Gasteiger partial charge in [0.1, 0.15) is 0 Å². The Hall–Kier alpha value is -1.88. The number of rotatable bonds is 9. The molecule has 1 aromatic rings. The lowest BCUT2D eigenvalue weighted by molar-refractivity contribution is -0.117. The molecule has 0 aromatic heterocycles. The van der Waals surface area contributed by atoms with Crippen LogP contribution in [0.2, 0.25) is 0 Å². The van der Waals surface area contributed by atoms with Crippen LogP contribution in [0.25, 0.3) is 0 Å². The molecule has 0 unspecified atom stereocenters. The van der Waals surface area contributed by atoms with Crippen molar-refractivity contribution in [2.75, 3.05) is 25.0 Å². The maximum absolute atomic E-state index is 12.1. The molecule has 22 heavy (non-hydrogen) atoms. The molecule has 0 spiro atoms. The highest BCUT2D eigenvalue weighted by molar-refractivity contribution is 5.92. The van der Waals surface area contributed by atoms with Crippen molar-refractivity contribution in [1.82, 2.24) is 4.90 Å². The van der Waals surface area contributed by atoms with Crippen LogP contribution in [-0.2, 0) is 4.79 Å². The first-order valence-electron chi connectivity index (χ1n) is 7.92. The third kappa shape index (κ3) is 6.72. The van der Waals surface area contributed by atoms with Gasteiger partial charge in [-0.2, -0.15) is 0 Å². The average molecular weight is 306 g/mol. The molecule has 0 aliphatic heterocycles. The molecule has 5 nitrogen and oxygen atoms in total. The summed E-state index contributed by atoms with van der Waals surface area (Å²) >= 11 is 0. The van der Waals surface area contributed by atoms with Gasteiger partial charge in [-0.25, -0.2) is 0 Å². The second-order valence-corrected chi connectivity index (χ2v) is 5.40. The Morgan fingerprint density at radius 3 is 2.27 bits per heavy atom. The largest absolute Gasteiger partial charge is 0.504 e.